The number of fused-ring (bicyclic) bond motifs is 1. The van der Waals surface area contributed by atoms with Crippen molar-refractivity contribution in [3.05, 3.63) is 65.9 Å². The van der Waals surface area contributed by atoms with Crippen LogP contribution >= 0.6 is 0 Å². The number of sulfonamides is 1. The van der Waals surface area contributed by atoms with Gasteiger partial charge < -0.3 is 5.32 Å². The van der Waals surface area contributed by atoms with Crippen molar-refractivity contribution >= 4 is 32.5 Å². The quantitative estimate of drug-likeness (QED) is 0.574. The second-order valence-corrected chi connectivity index (χ2v) is 10.4. The van der Waals surface area contributed by atoms with E-state index in [0.717, 1.165) is 42.3 Å². The van der Waals surface area contributed by atoms with Crippen LogP contribution in [-0.2, 0) is 14.8 Å². The summed E-state index contributed by atoms with van der Waals surface area (Å²) in [6, 6.07) is 14.8. The van der Waals surface area contributed by atoms with Crippen LogP contribution in [0.1, 0.15) is 36.8 Å². The molecular formula is C25H29N3O3S. The first-order valence-corrected chi connectivity index (χ1v) is 12.5. The molecule has 0 aliphatic heterocycles. The van der Waals surface area contributed by atoms with E-state index in [-0.39, 0.29) is 22.6 Å². The van der Waals surface area contributed by atoms with Gasteiger partial charge in [-0.25, -0.2) is 13.1 Å². The van der Waals surface area contributed by atoms with Crippen molar-refractivity contribution in [2.75, 3.05) is 11.9 Å². The molecule has 168 valence electrons. The van der Waals surface area contributed by atoms with Gasteiger partial charge in [0, 0.05) is 29.7 Å². The molecule has 0 spiro atoms. The third-order valence-corrected chi connectivity index (χ3v) is 7.76. The first-order valence-electron chi connectivity index (χ1n) is 11.0. The number of benzene rings is 2. The van der Waals surface area contributed by atoms with E-state index in [4.69, 9.17) is 0 Å². The van der Waals surface area contributed by atoms with Gasteiger partial charge in [0.1, 0.15) is 4.90 Å². The van der Waals surface area contributed by atoms with Gasteiger partial charge in [0.25, 0.3) is 0 Å². The molecule has 2 N–H and O–H groups in total. The van der Waals surface area contributed by atoms with Crippen LogP contribution in [-0.4, -0.2) is 25.9 Å². The SMILES string of the molecule is Cc1ccc(NC(=O)C2CCC(CNS(=O)(=O)c3cccc4cccnc34)CC2)c(C)c1. The molecule has 1 fully saturated rings. The molecular weight excluding hydrogens is 422 g/mol. The van der Waals surface area contributed by atoms with Crippen LogP contribution in [0.15, 0.2) is 59.6 Å². The van der Waals surface area contributed by atoms with Crippen molar-refractivity contribution < 1.29 is 13.2 Å². The van der Waals surface area contributed by atoms with Gasteiger partial charge in [0.2, 0.25) is 15.9 Å². The second kappa shape index (κ2) is 9.38. The highest BCUT2D eigenvalue weighted by atomic mass is 32.2. The maximum absolute atomic E-state index is 12.9. The lowest BCUT2D eigenvalue weighted by Crippen LogP contribution is -2.33. The van der Waals surface area contributed by atoms with Crippen LogP contribution in [0.3, 0.4) is 0 Å². The molecule has 1 aliphatic rings. The zero-order chi connectivity index (χ0) is 22.7. The normalized spacial score (nSPS) is 19.1. The lowest BCUT2D eigenvalue weighted by Gasteiger charge is -2.28. The minimum atomic E-state index is -3.66. The molecule has 6 nitrogen and oxygen atoms in total. The standard InChI is InChI=1S/C25H29N3O3S/c1-17-8-13-22(18(2)15-17)28-25(29)21-11-9-19(10-12-21)16-27-32(30,31)23-7-3-5-20-6-4-14-26-24(20)23/h3-8,13-15,19,21,27H,9-12,16H2,1-2H3,(H,28,29). The molecule has 0 unspecified atom stereocenters. The Labute approximate surface area is 189 Å². The monoisotopic (exact) mass is 451 g/mol. The Morgan fingerprint density at radius 1 is 1.03 bits per heavy atom. The van der Waals surface area contributed by atoms with E-state index in [1.165, 1.54) is 5.56 Å². The predicted molar refractivity (Wildman–Crippen MR) is 127 cm³/mol. The Bertz CT molecular complexity index is 1230. The fourth-order valence-corrected chi connectivity index (χ4v) is 5.71. The Balaban J connectivity index is 1.32. The Morgan fingerprint density at radius 2 is 1.78 bits per heavy atom. The fourth-order valence-electron chi connectivity index (χ4n) is 4.42. The van der Waals surface area contributed by atoms with Crippen LogP contribution in [0, 0.1) is 25.7 Å². The predicted octanol–water partition coefficient (Wildman–Crippen LogP) is 4.58. The number of rotatable bonds is 6. The molecule has 7 heteroatoms. The number of aromatic nitrogens is 1. The van der Waals surface area contributed by atoms with Crippen molar-refractivity contribution in [1.29, 1.82) is 0 Å². The van der Waals surface area contributed by atoms with Crippen LogP contribution in [0.2, 0.25) is 0 Å². The molecule has 0 atom stereocenters. The molecule has 4 rings (SSSR count). The summed E-state index contributed by atoms with van der Waals surface area (Å²) >= 11 is 0. The van der Waals surface area contributed by atoms with E-state index in [2.05, 4.69) is 21.1 Å². The first kappa shape index (κ1) is 22.4. The largest absolute Gasteiger partial charge is 0.326 e. The summed E-state index contributed by atoms with van der Waals surface area (Å²) in [4.78, 5) is 17.2. The van der Waals surface area contributed by atoms with Gasteiger partial charge in [0.05, 0.1) is 5.52 Å². The molecule has 1 saturated carbocycles. The summed E-state index contributed by atoms with van der Waals surface area (Å²) in [5.74, 6) is 0.238. The number of aryl methyl sites for hydroxylation is 2. The number of nitrogens with one attached hydrogen (secondary N) is 2. The molecule has 2 aromatic carbocycles. The summed E-state index contributed by atoms with van der Waals surface area (Å²) in [5, 5.41) is 3.86. The van der Waals surface area contributed by atoms with Gasteiger partial charge in [0.15, 0.2) is 0 Å². The van der Waals surface area contributed by atoms with Crippen LogP contribution in [0.4, 0.5) is 5.69 Å². The van der Waals surface area contributed by atoms with Crippen molar-refractivity contribution in [1.82, 2.24) is 9.71 Å². The van der Waals surface area contributed by atoms with E-state index >= 15 is 0 Å². The van der Waals surface area contributed by atoms with E-state index in [1.807, 2.05) is 38.1 Å². The number of pyridine rings is 1. The molecule has 1 aromatic heterocycles. The summed E-state index contributed by atoms with van der Waals surface area (Å²) in [6.45, 7) is 4.40. The lowest BCUT2D eigenvalue weighted by atomic mass is 9.81. The summed E-state index contributed by atoms with van der Waals surface area (Å²) in [5.41, 5.74) is 3.57. The first-order chi connectivity index (χ1) is 15.3. The summed E-state index contributed by atoms with van der Waals surface area (Å²) < 4.78 is 28.6. The average molecular weight is 452 g/mol. The maximum Gasteiger partial charge on any atom is 0.242 e. The highest BCUT2D eigenvalue weighted by molar-refractivity contribution is 7.89. The van der Waals surface area contributed by atoms with E-state index in [9.17, 15) is 13.2 Å². The highest BCUT2D eigenvalue weighted by Gasteiger charge is 2.28. The molecule has 0 saturated heterocycles. The van der Waals surface area contributed by atoms with E-state index in [1.54, 1.807) is 24.4 Å². The second-order valence-electron chi connectivity index (χ2n) is 8.71. The van der Waals surface area contributed by atoms with Crippen LogP contribution in [0.5, 0.6) is 0 Å². The molecule has 32 heavy (non-hydrogen) atoms. The van der Waals surface area contributed by atoms with E-state index in [0.29, 0.717) is 12.1 Å². The highest BCUT2D eigenvalue weighted by Crippen LogP contribution is 2.30. The van der Waals surface area contributed by atoms with Gasteiger partial charge in [-0.1, -0.05) is 35.9 Å². The zero-order valence-electron chi connectivity index (χ0n) is 18.5. The lowest BCUT2D eigenvalue weighted by molar-refractivity contribution is -0.121. The van der Waals surface area contributed by atoms with Crippen molar-refractivity contribution in [2.24, 2.45) is 11.8 Å². The molecule has 3 aromatic rings. The Kier molecular flexibility index (Phi) is 6.58. The van der Waals surface area contributed by atoms with Crippen molar-refractivity contribution in [2.45, 2.75) is 44.4 Å². The smallest absolute Gasteiger partial charge is 0.242 e. The molecule has 0 bridgehead atoms. The fraction of sp³-hybridized carbons (Fsp3) is 0.360. The number of hydrogen-bond donors (Lipinski definition) is 2. The van der Waals surface area contributed by atoms with Crippen molar-refractivity contribution in [3.8, 4) is 0 Å². The van der Waals surface area contributed by atoms with Crippen molar-refractivity contribution in [3.63, 3.8) is 0 Å². The van der Waals surface area contributed by atoms with Crippen LogP contribution < -0.4 is 10.0 Å². The minimum Gasteiger partial charge on any atom is -0.326 e. The third-order valence-electron chi connectivity index (χ3n) is 6.30. The Hall–Kier alpha value is -2.77. The molecule has 1 heterocycles. The third kappa shape index (κ3) is 5.00. The van der Waals surface area contributed by atoms with Gasteiger partial charge in [-0.05, 0) is 69.2 Å². The molecule has 0 radical (unpaired) electrons. The van der Waals surface area contributed by atoms with Crippen LogP contribution in [0.25, 0.3) is 10.9 Å². The van der Waals surface area contributed by atoms with Gasteiger partial charge in [-0.15, -0.1) is 0 Å². The number of para-hydroxylation sites is 1. The number of carbonyl (C=O) groups excluding carboxylic acids is 1. The topological polar surface area (TPSA) is 88.2 Å². The summed E-state index contributed by atoms with van der Waals surface area (Å²) in [6.07, 6.45) is 4.77. The Morgan fingerprint density at radius 3 is 2.53 bits per heavy atom. The van der Waals surface area contributed by atoms with Gasteiger partial charge >= 0.3 is 0 Å². The molecule has 1 aliphatic carbocycles. The van der Waals surface area contributed by atoms with Gasteiger partial charge in [-0.3, -0.25) is 9.78 Å². The van der Waals surface area contributed by atoms with Gasteiger partial charge in [-0.2, -0.15) is 0 Å². The molecule has 1 amide bonds. The van der Waals surface area contributed by atoms with E-state index < -0.39 is 10.0 Å². The number of amides is 1. The summed E-state index contributed by atoms with van der Waals surface area (Å²) in [7, 11) is -3.66. The zero-order valence-corrected chi connectivity index (χ0v) is 19.3. The average Bonchev–Trinajstić information content (AvgIpc) is 2.79. The number of nitrogens with zero attached hydrogens (tertiary/aromatic N) is 1. The minimum absolute atomic E-state index is 0.0363. The number of hydrogen-bond acceptors (Lipinski definition) is 4. The number of carbonyl (C=O) groups is 1. The number of anilines is 1. The maximum atomic E-state index is 12.9.